The van der Waals surface area contributed by atoms with Crippen LogP contribution >= 0.6 is 0 Å². The summed E-state index contributed by atoms with van der Waals surface area (Å²) in [5.41, 5.74) is 2.35. The van der Waals surface area contributed by atoms with E-state index in [1.165, 1.54) is 12.1 Å². The van der Waals surface area contributed by atoms with Crippen molar-refractivity contribution >= 4 is 15.8 Å². The number of sulfone groups is 1. The van der Waals surface area contributed by atoms with E-state index in [0.717, 1.165) is 11.8 Å². The highest BCUT2D eigenvalue weighted by atomic mass is 32.2. The Morgan fingerprint density at radius 2 is 1.77 bits per heavy atom. The Bertz CT molecular complexity index is 1050. The van der Waals surface area contributed by atoms with Crippen LogP contribution in [0.15, 0.2) is 51.9 Å². The van der Waals surface area contributed by atoms with E-state index in [1.54, 1.807) is 37.4 Å². The summed E-state index contributed by atoms with van der Waals surface area (Å²) in [7, 11) is -3.24. The largest absolute Gasteiger partial charge is 0.550 e. The molecule has 0 unspecified atom stereocenters. The average Bonchev–Trinajstić information content (AvgIpc) is 2.94. The van der Waals surface area contributed by atoms with Crippen molar-refractivity contribution < 1.29 is 22.7 Å². The summed E-state index contributed by atoms with van der Waals surface area (Å²) in [5.74, 6) is -0.520. The minimum absolute atomic E-state index is 0.244. The standard InChI is InChI=1S/C18H16N2O5S/c1-11-16(9-17(21)22)20-18(25-11)13-5-8-15(19-10-13)12-3-6-14(7-4-12)26(2,23)24/h3-8,10H,9H2,1-2H3,(H,21,22)/p-1. The van der Waals surface area contributed by atoms with Crippen molar-refractivity contribution in [2.24, 2.45) is 0 Å². The second-order valence-corrected chi connectivity index (χ2v) is 7.82. The molecule has 3 aromatic rings. The van der Waals surface area contributed by atoms with Crippen LogP contribution in [0.3, 0.4) is 0 Å². The minimum Gasteiger partial charge on any atom is -0.550 e. The fourth-order valence-electron chi connectivity index (χ4n) is 2.42. The number of benzene rings is 1. The first kappa shape index (κ1) is 17.8. The first-order valence-corrected chi connectivity index (χ1v) is 9.56. The fourth-order valence-corrected chi connectivity index (χ4v) is 3.05. The first-order valence-electron chi connectivity index (χ1n) is 7.67. The molecule has 26 heavy (non-hydrogen) atoms. The van der Waals surface area contributed by atoms with E-state index < -0.39 is 15.8 Å². The molecule has 7 nitrogen and oxygen atoms in total. The molecule has 0 saturated heterocycles. The van der Waals surface area contributed by atoms with Gasteiger partial charge in [-0.25, -0.2) is 13.4 Å². The number of hydrogen-bond acceptors (Lipinski definition) is 7. The molecule has 0 spiro atoms. The van der Waals surface area contributed by atoms with Gasteiger partial charge >= 0.3 is 0 Å². The number of carbonyl (C=O) groups is 1. The zero-order chi connectivity index (χ0) is 18.9. The number of rotatable bonds is 5. The van der Waals surface area contributed by atoms with Gasteiger partial charge in [0.2, 0.25) is 5.89 Å². The second-order valence-electron chi connectivity index (χ2n) is 5.80. The van der Waals surface area contributed by atoms with Gasteiger partial charge in [-0.1, -0.05) is 12.1 Å². The number of oxazole rings is 1. The van der Waals surface area contributed by atoms with Gasteiger partial charge in [-0.2, -0.15) is 0 Å². The Kier molecular flexibility index (Phi) is 4.60. The molecule has 8 heteroatoms. The molecule has 0 atom stereocenters. The van der Waals surface area contributed by atoms with Crippen LogP contribution in [-0.2, 0) is 21.1 Å². The molecule has 0 aliphatic carbocycles. The molecule has 0 aliphatic rings. The number of carbonyl (C=O) groups excluding carboxylic acids is 1. The van der Waals surface area contributed by atoms with E-state index in [1.807, 2.05) is 0 Å². The lowest BCUT2D eigenvalue weighted by atomic mass is 10.1. The number of hydrogen-bond donors (Lipinski definition) is 0. The number of nitrogens with zero attached hydrogens (tertiary/aromatic N) is 2. The predicted molar refractivity (Wildman–Crippen MR) is 91.7 cm³/mol. The number of aliphatic carboxylic acids is 1. The summed E-state index contributed by atoms with van der Waals surface area (Å²) < 4.78 is 28.5. The molecule has 2 aromatic heterocycles. The Labute approximate surface area is 150 Å². The maximum atomic E-state index is 11.5. The van der Waals surface area contributed by atoms with Crippen molar-refractivity contribution in [2.45, 2.75) is 18.2 Å². The van der Waals surface area contributed by atoms with Gasteiger partial charge in [0.25, 0.3) is 0 Å². The van der Waals surface area contributed by atoms with Gasteiger partial charge in [0.15, 0.2) is 9.84 Å². The Morgan fingerprint density at radius 1 is 1.12 bits per heavy atom. The number of aryl methyl sites for hydroxylation is 1. The smallest absolute Gasteiger partial charge is 0.228 e. The zero-order valence-electron chi connectivity index (χ0n) is 14.1. The monoisotopic (exact) mass is 371 g/mol. The summed E-state index contributed by atoms with van der Waals surface area (Å²) in [5, 5.41) is 10.7. The summed E-state index contributed by atoms with van der Waals surface area (Å²) in [4.78, 5) is 19.5. The molecular weight excluding hydrogens is 356 g/mol. The molecule has 0 radical (unpaired) electrons. The fraction of sp³-hybridized carbons (Fsp3) is 0.167. The van der Waals surface area contributed by atoms with Gasteiger partial charge in [-0.15, -0.1) is 0 Å². The lowest BCUT2D eigenvalue weighted by Gasteiger charge is -2.03. The first-order chi connectivity index (χ1) is 12.2. The number of pyridine rings is 1. The van der Waals surface area contributed by atoms with Gasteiger partial charge < -0.3 is 14.3 Å². The van der Waals surface area contributed by atoms with E-state index in [4.69, 9.17) is 4.42 Å². The number of carboxylic acids is 1. The normalized spacial score (nSPS) is 11.5. The van der Waals surface area contributed by atoms with Gasteiger partial charge in [0, 0.05) is 30.4 Å². The van der Waals surface area contributed by atoms with Crippen LogP contribution in [-0.4, -0.2) is 30.6 Å². The maximum absolute atomic E-state index is 11.5. The van der Waals surface area contributed by atoms with E-state index in [0.29, 0.717) is 22.7 Å². The molecule has 1 aromatic carbocycles. The summed E-state index contributed by atoms with van der Waals surface area (Å²) in [6.45, 7) is 1.64. The van der Waals surface area contributed by atoms with Gasteiger partial charge in [-0.3, -0.25) is 4.98 Å². The van der Waals surface area contributed by atoms with Gasteiger partial charge in [0.1, 0.15) is 5.76 Å². The minimum atomic E-state index is -3.24. The third-order valence-corrected chi connectivity index (χ3v) is 4.92. The molecule has 0 amide bonds. The Balaban J connectivity index is 1.86. The van der Waals surface area contributed by atoms with E-state index in [9.17, 15) is 18.3 Å². The topological polar surface area (TPSA) is 113 Å². The van der Waals surface area contributed by atoms with Gasteiger partial charge in [-0.05, 0) is 31.2 Å². The molecular formula is C18H15N2O5S-. The van der Waals surface area contributed by atoms with Crippen LogP contribution in [0, 0.1) is 6.92 Å². The average molecular weight is 371 g/mol. The van der Waals surface area contributed by atoms with Crippen molar-refractivity contribution in [3.63, 3.8) is 0 Å². The summed E-state index contributed by atoms with van der Waals surface area (Å²) >= 11 is 0. The Hall–Kier alpha value is -3.00. The third-order valence-electron chi connectivity index (χ3n) is 3.79. The van der Waals surface area contributed by atoms with E-state index >= 15 is 0 Å². The highest BCUT2D eigenvalue weighted by Crippen LogP contribution is 2.25. The molecule has 0 bridgehead atoms. The van der Waals surface area contributed by atoms with Crippen LogP contribution in [0.5, 0.6) is 0 Å². The number of aromatic nitrogens is 2. The molecule has 0 saturated carbocycles. The van der Waals surface area contributed by atoms with Gasteiger partial charge in [0.05, 0.1) is 21.8 Å². The molecule has 134 valence electrons. The maximum Gasteiger partial charge on any atom is 0.228 e. The Morgan fingerprint density at radius 3 is 2.31 bits per heavy atom. The molecule has 0 aliphatic heterocycles. The predicted octanol–water partition coefficient (Wildman–Crippen LogP) is 1.41. The van der Waals surface area contributed by atoms with Crippen LogP contribution in [0.25, 0.3) is 22.7 Å². The van der Waals surface area contributed by atoms with E-state index in [2.05, 4.69) is 9.97 Å². The molecule has 0 N–H and O–H groups in total. The quantitative estimate of drug-likeness (QED) is 0.666. The van der Waals surface area contributed by atoms with Crippen LogP contribution in [0.1, 0.15) is 11.5 Å². The lowest BCUT2D eigenvalue weighted by Crippen LogP contribution is -2.24. The SMILES string of the molecule is Cc1oc(-c2ccc(-c3ccc(S(C)(=O)=O)cc3)nc2)nc1CC(=O)[O-]. The summed E-state index contributed by atoms with van der Waals surface area (Å²) in [6, 6.07) is 9.94. The van der Waals surface area contributed by atoms with Crippen molar-refractivity contribution in [1.29, 1.82) is 0 Å². The highest BCUT2D eigenvalue weighted by molar-refractivity contribution is 7.90. The lowest BCUT2D eigenvalue weighted by molar-refractivity contribution is -0.304. The zero-order valence-corrected chi connectivity index (χ0v) is 14.9. The molecule has 3 rings (SSSR count). The second kappa shape index (κ2) is 6.72. The number of carboxylic acid groups (broad SMARTS) is 1. The summed E-state index contributed by atoms with van der Waals surface area (Å²) in [6.07, 6.45) is 2.41. The van der Waals surface area contributed by atoms with Crippen molar-refractivity contribution in [2.75, 3.05) is 6.26 Å². The van der Waals surface area contributed by atoms with Crippen LogP contribution in [0.4, 0.5) is 0 Å². The van der Waals surface area contributed by atoms with Crippen LogP contribution < -0.4 is 5.11 Å². The van der Waals surface area contributed by atoms with Crippen molar-refractivity contribution in [1.82, 2.24) is 9.97 Å². The molecule has 0 fully saturated rings. The van der Waals surface area contributed by atoms with Crippen LogP contribution in [0.2, 0.25) is 0 Å². The molecule has 2 heterocycles. The van der Waals surface area contributed by atoms with E-state index in [-0.39, 0.29) is 17.2 Å². The van der Waals surface area contributed by atoms with Crippen molar-refractivity contribution in [3.05, 3.63) is 54.0 Å². The third kappa shape index (κ3) is 3.80. The highest BCUT2D eigenvalue weighted by Gasteiger charge is 2.13. The van der Waals surface area contributed by atoms with Crippen molar-refractivity contribution in [3.8, 4) is 22.7 Å².